The van der Waals surface area contributed by atoms with E-state index in [2.05, 4.69) is 26.5 Å². The molecule has 0 bridgehead atoms. The van der Waals surface area contributed by atoms with Crippen LogP contribution in [-0.4, -0.2) is 58.5 Å². The standard InChI is InChI=1S/C23H29N5O3/c1-4-31-21(30)9-11-28-10-5-6-17(14-28)25-23-19(13-24)16(3)22(26-27-23)18-8-7-15(2)12-20(18)29/h7-8,12,17,29H,4-6,9-11,14H2,1-3H3,(H,25,27)/t17-/m1/s1. The summed E-state index contributed by atoms with van der Waals surface area (Å²) in [5.74, 6) is 0.389. The molecule has 2 aromatic rings. The summed E-state index contributed by atoms with van der Waals surface area (Å²) in [5, 5.41) is 32.1. The van der Waals surface area contributed by atoms with E-state index in [1.807, 2.05) is 19.9 Å². The molecule has 8 nitrogen and oxygen atoms in total. The molecule has 2 heterocycles. The third kappa shape index (κ3) is 5.50. The summed E-state index contributed by atoms with van der Waals surface area (Å²) in [6, 6.07) is 7.69. The number of carbonyl (C=O) groups excluding carboxylic acids is 1. The fourth-order valence-corrected chi connectivity index (χ4v) is 3.91. The van der Waals surface area contributed by atoms with Gasteiger partial charge in [0.1, 0.15) is 23.1 Å². The van der Waals surface area contributed by atoms with Gasteiger partial charge in [-0.3, -0.25) is 4.79 Å². The number of anilines is 1. The number of aromatic nitrogens is 2. The summed E-state index contributed by atoms with van der Waals surface area (Å²) in [6.07, 6.45) is 2.31. The zero-order valence-corrected chi connectivity index (χ0v) is 18.3. The molecule has 0 saturated carbocycles. The summed E-state index contributed by atoms with van der Waals surface area (Å²) >= 11 is 0. The summed E-state index contributed by atoms with van der Waals surface area (Å²) in [4.78, 5) is 13.9. The molecule has 1 fully saturated rings. The van der Waals surface area contributed by atoms with Gasteiger partial charge in [0.2, 0.25) is 0 Å². The average molecular weight is 424 g/mol. The number of nitrogens with zero attached hydrogens (tertiary/aromatic N) is 4. The van der Waals surface area contributed by atoms with E-state index in [1.165, 1.54) is 0 Å². The number of phenols is 1. The Morgan fingerprint density at radius 3 is 2.90 bits per heavy atom. The number of nitrogens with one attached hydrogen (secondary N) is 1. The molecule has 0 amide bonds. The number of aromatic hydroxyl groups is 1. The van der Waals surface area contributed by atoms with E-state index < -0.39 is 0 Å². The SMILES string of the molecule is CCOC(=O)CCN1CCC[C@@H](Nc2nnc(-c3ccc(C)cc3O)c(C)c2C#N)C1. The van der Waals surface area contributed by atoms with Gasteiger partial charge in [0, 0.05) is 24.7 Å². The lowest BCUT2D eigenvalue weighted by Crippen LogP contribution is -2.43. The van der Waals surface area contributed by atoms with E-state index in [0.717, 1.165) is 31.5 Å². The number of ether oxygens (including phenoxy) is 1. The van der Waals surface area contributed by atoms with Crippen LogP contribution in [0.4, 0.5) is 5.82 Å². The van der Waals surface area contributed by atoms with Crippen molar-refractivity contribution in [3.05, 3.63) is 34.9 Å². The Labute approximate surface area is 182 Å². The third-order valence-corrected chi connectivity index (χ3v) is 5.52. The molecule has 8 heteroatoms. The number of nitriles is 1. The van der Waals surface area contributed by atoms with Gasteiger partial charge in [0.25, 0.3) is 0 Å². The van der Waals surface area contributed by atoms with Crippen LogP contribution in [0.15, 0.2) is 18.2 Å². The number of carbonyl (C=O) groups is 1. The molecule has 0 spiro atoms. The lowest BCUT2D eigenvalue weighted by molar-refractivity contribution is -0.143. The Morgan fingerprint density at radius 1 is 1.39 bits per heavy atom. The van der Waals surface area contributed by atoms with Crippen molar-refractivity contribution >= 4 is 11.8 Å². The fraction of sp³-hybridized carbons (Fsp3) is 0.478. The highest BCUT2D eigenvalue weighted by molar-refractivity contribution is 5.74. The lowest BCUT2D eigenvalue weighted by Gasteiger charge is -2.33. The van der Waals surface area contributed by atoms with Crippen LogP contribution in [-0.2, 0) is 9.53 Å². The van der Waals surface area contributed by atoms with Crippen LogP contribution in [0.2, 0.25) is 0 Å². The van der Waals surface area contributed by atoms with Gasteiger partial charge < -0.3 is 20.1 Å². The van der Waals surface area contributed by atoms with Crippen molar-refractivity contribution in [3.8, 4) is 23.1 Å². The first-order valence-corrected chi connectivity index (χ1v) is 10.6. The Kier molecular flexibility index (Phi) is 7.42. The van der Waals surface area contributed by atoms with E-state index in [0.29, 0.717) is 47.8 Å². The van der Waals surface area contributed by atoms with Gasteiger partial charge >= 0.3 is 5.97 Å². The van der Waals surface area contributed by atoms with Gasteiger partial charge in [0.15, 0.2) is 5.82 Å². The molecule has 1 saturated heterocycles. The minimum Gasteiger partial charge on any atom is -0.507 e. The van der Waals surface area contributed by atoms with Gasteiger partial charge in [-0.15, -0.1) is 10.2 Å². The van der Waals surface area contributed by atoms with Gasteiger partial charge in [0.05, 0.1) is 13.0 Å². The summed E-state index contributed by atoms with van der Waals surface area (Å²) < 4.78 is 5.01. The molecule has 3 rings (SSSR count). The molecule has 0 unspecified atom stereocenters. The number of hydrogen-bond donors (Lipinski definition) is 2. The lowest BCUT2D eigenvalue weighted by atomic mass is 10.0. The van der Waals surface area contributed by atoms with Gasteiger partial charge in [-0.25, -0.2) is 0 Å². The Hall–Kier alpha value is -3.18. The molecule has 1 aliphatic rings. The van der Waals surface area contributed by atoms with Crippen molar-refractivity contribution in [2.75, 3.05) is 31.6 Å². The number of phenolic OH excluding ortho intramolecular Hbond substituents is 1. The second-order valence-corrected chi connectivity index (χ2v) is 7.87. The highest BCUT2D eigenvalue weighted by Crippen LogP contribution is 2.33. The number of hydrogen-bond acceptors (Lipinski definition) is 8. The van der Waals surface area contributed by atoms with Crippen LogP contribution < -0.4 is 5.32 Å². The summed E-state index contributed by atoms with van der Waals surface area (Å²) in [7, 11) is 0. The Balaban J connectivity index is 1.74. The van der Waals surface area contributed by atoms with Crippen molar-refractivity contribution < 1.29 is 14.6 Å². The number of aryl methyl sites for hydroxylation is 1. The molecule has 1 aliphatic heterocycles. The topological polar surface area (TPSA) is 111 Å². The number of esters is 1. The maximum Gasteiger partial charge on any atom is 0.307 e. The van der Waals surface area contributed by atoms with Crippen molar-refractivity contribution in [2.45, 2.75) is 46.1 Å². The van der Waals surface area contributed by atoms with Gasteiger partial charge in [-0.05, 0) is 63.4 Å². The van der Waals surface area contributed by atoms with Crippen molar-refractivity contribution in [2.24, 2.45) is 0 Å². The predicted molar refractivity (Wildman–Crippen MR) is 118 cm³/mol. The molecule has 31 heavy (non-hydrogen) atoms. The second-order valence-electron chi connectivity index (χ2n) is 7.87. The molecule has 2 N–H and O–H groups in total. The largest absolute Gasteiger partial charge is 0.507 e. The van der Waals surface area contributed by atoms with E-state index in [1.54, 1.807) is 19.1 Å². The maximum absolute atomic E-state index is 11.6. The van der Waals surface area contributed by atoms with Gasteiger partial charge in [-0.2, -0.15) is 5.26 Å². The van der Waals surface area contributed by atoms with Gasteiger partial charge in [-0.1, -0.05) is 6.07 Å². The van der Waals surface area contributed by atoms with E-state index >= 15 is 0 Å². The number of piperidine rings is 1. The quantitative estimate of drug-likeness (QED) is 0.653. The highest BCUT2D eigenvalue weighted by atomic mass is 16.5. The van der Waals surface area contributed by atoms with Crippen LogP contribution in [0.25, 0.3) is 11.3 Å². The predicted octanol–water partition coefficient (Wildman–Crippen LogP) is 3.17. The molecule has 164 valence electrons. The first-order chi connectivity index (χ1) is 14.9. The van der Waals surface area contributed by atoms with Crippen molar-refractivity contribution in [1.82, 2.24) is 15.1 Å². The molecular formula is C23H29N5O3. The first-order valence-electron chi connectivity index (χ1n) is 10.6. The molecule has 1 aromatic carbocycles. The maximum atomic E-state index is 11.6. The molecule has 1 aromatic heterocycles. The number of benzene rings is 1. The smallest absolute Gasteiger partial charge is 0.307 e. The van der Waals surface area contributed by atoms with Crippen molar-refractivity contribution in [1.29, 1.82) is 5.26 Å². The van der Waals surface area contributed by atoms with E-state index in [4.69, 9.17) is 4.74 Å². The average Bonchev–Trinajstić information content (AvgIpc) is 2.74. The van der Waals surface area contributed by atoms with E-state index in [9.17, 15) is 15.2 Å². The van der Waals surface area contributed by atoms with Crippen molar-refractivity contribution in [3.63, 3.8) is 0 Å². The van der Waals surface area contributed by atoms with Crippen LogP contribution in [0.1, 0.15) is 42.9 Å². The van der Waals surface area contributed by atoms with Crippen LogP contribution in [0.3, 0.4) is 0 Å². The molecule has 0 radical (unpaired) electrons. The summed E-state index contributed by atoms with van der Waals surface area (Å²) in [5.41, 5.74) is 3.10. The fourth-order valence-electron chi connectivity index (χ4n) is 3.91. The Bertz CT molecular complexity index is 986. The third-order valence-electron chi connectivity index (χ3n) is 5.52. The number of rotatable bonds is 7. The Morgan fingerprint density at radius 2 is 2.19 bits per heavy atom. The second kappa shape index (κ2) is 10.2. The zero-order valence-electron chi connectivity index (χ0n) is 18.3. The zero-order chi connectivity index (χ0) is 22.4. The molecule has 1 atom stereocenters. The molecular weight excluding hydrogens is 394 g/mol. The van der Waals surface area contributed by atoms with Crippen LogP contribution >= 0.6 is 0 Å². The monoisotopic (exact) mass is 423 g/mol. The minimum atomic E-state index is -0.180. The number of likely N-dealkylation sites (tertiary alicyclic amines) is 1. The summed E-state index contributed by atoms with van der Waals surface area (Å²) in [6.45, 7) is 8.26. The van der Waals surface area contributed by atoms with E-state index in [-0.39, 0.29) is 17.8 Å². The first kappa shape index (κ1) is 22.5. The van der Waals surface area contributed by atoms with Crippen LogP contribution in [0, 0.1) is 25.2 Å². The molecule has 0 aliphatic carbocycles. The van der Waals surface area contributed by atoms with Crippen LogP contribution in [0.5, 0.6) is 5.75 Å². The highest BCUT2D eigenvalue weighted by Gasteiger charge is 2.23. The normalized spacial score (nSPS) is 16.5. The minimum absolute atomic E-state index is 0.107.